The summed E-state index contributed by atoms with van der Waals surface area (Å²) in [6, 6.07) is 9.34. The quantitative estimate of drug-likeness (QED) is 0.573. The molecule has 0 fully saturated rings. The minimum atomic E-state index is -0.446. The van der Waals surface area contributed by atoms with E-state index in [0.717, 1.165) is 10.0 Å². The number of nitro benzene ring substituents is 1. The molecule has 2 aromatic carbocycles. The van der Waals surface area contributed by atoms with E-state index in [0.29, 0.717) is 23.1 Å². The van der Waals surface area contributed by atoms with E-state index in [1.54, 1.807) is 18.2 Å². The fourth-order valence-electron chi connectivity index (χ4n) is 1.80. The number of hydrogen-bond acceptors (Lipinski definition) is 3. The molecule has 2 rings (SSSR count). The number of rotatable bonds is 5. The van der Waals surface area contributed by atoms with E-state index in [1.165, 1.54) is 18.2 Å². The summed E-state index contributed by atoms with van der Waals surface area (Å²) in [6.45, 7) is 0.846. The summed E-state index contributed by atoms with van der Waals surface area (Å²) in [6.07, 6.45) is 0. The fraction of sp³-hybridized carbons (Fsp3) is 0.143. The van der Waals surface area contributed by atoms with Gasteiger partial charge in [-0.1, -0.05) is 31.9 Å². The van der Waals surface area contributed by atoms with Gasteiger partial charge in [0.05, 0.1) is 4.92 Å². The highest BCUT2D eigenvalue weighted by atomic mass is 79.9. The smallest absolute Gasteiger partial charge is 0.270 e. The molecule has 0 radical (unpaired) electrons. The maximum atomic E-state index is 13.6. The van der Waals surface area contributed by atoms with Gasteiger partial charge in [0, 0.05) is 39.7 Å². The molecule has 0 heterocycles. The number of non-ortho nitro benzene ring substituents is 1. The zero-order chi connectivity index (χ0) is 15.4. The number of hydrogen-bond donors (Lipinski definition) is 1. The van der Waals surface area contributed by atoms with Gasteiger partial charge in [-0.05, 0) is 29.8 Å². The minimum Gasteiger partial charge on any atom is -0.308 e. The lowest BCUT2D eigenvalue weighted by atomic mass is 10.2. The Bertz CT molecular complexity index is 680. The molecule has 110 valence electrons. The lowest BCUT2D eigenvalue weighted by Gasteiger charge is -2.08. The number of benzene rings is 2. The summed E-state index contributed by atoms with van der Waals surface area (Å²) in [5, 5.41) is 13.8. The Kier molecular flexibility index (Phi) is 5.44. The summed E-state index contributed by atoms with van der Waals surface area (Å²) in [4.78, 5) is 10.2. The van der Waals surface area contributed by atoms with Crippen molar-refractivity contribution < 1.29 is 9.31 Å². The lowest BCUT2D eigenvalue weighted by Crippen LogP contribution is -2.14. The van der Waals surface area contributed by atoms with Crippen LogP contribution in [-0.4, -0.2) is 4.92 Å². The summed E-state index contributed by atoms with van der Waals surface area (Å²) < 4.78 is 15.0. The number of nitrogens with zero attached hydrogens (tertiary/aromatic N) is 1. The topological polar surface area (TPSA) is 55.2 Å². The second-order valence-corrected chi connectivity index (χ2v) is 6.14. The first-order valence-electron chi connectivity index (χ1n) is 6.05. The Balaban J connectivity index is 2.00. The highest BCUT2D eigenvalue weighted by Crippen LogP contribution is 2.23. The lowest BCUT2D eigenvalue weighted by molar-refractivity contribution is -0.384. The van der Waals surface area contributed by atoms with Gasteiger partial charge < -0.3 is 5.32 Å². The second-order valence-electron chi connectivity index (χ2n) is 4.37. The summed E-state index contributed by atoms with van der Waals surface area (Å²) >= 11 is 6.60. The van der Waals surface area contributed by atoms with E-state index < -0.39 is 4.92 Å². The van der Waals surface area contributed by atoms with Gasteiger partial charge in [-0.3, -0.25) is 10.1 Å². The van der Waals surface area contributed by atoms with Crippen LogP contribution in [0.25, 0.3) is 0 Å². The zero-order valence-corrected chi connectivity index (χ0v) is 13.9. The van der Waals surface area contributed by atoms with Crippen LogP contribution in [0.1, 0.15) is 11.1 Å². The molecule has 0 aliphatic carbocycles. The first kappa shape index (κ1) is 16.1. The molecule has 0 saturated carbocycles. The van der Waals surface area contributed by atoms with E-state index in [9.17, 15) is 14.5 Å². The van der Waals surface area contributed by atoms with Crippen LogP contribution in [0.3, 0.4) is 0 Å². The SMILES string of the molecule is O=[N+]([O-])c1ccc(CNCc2cc(Br)ccc2F)c(Br)c1. The van der Waals surface area contributed by atoms with Crippen molar-refractivity contribution in [2.75, 3.05) is 0 Å². The van der Waals surface area contributed by atoms with Crippen molar-refractivity contribution in [1.82, 2.24) is 5.32 Å². The Morgan fingerprint density at radius 3 is 2.48 bits per heavy atom. The Labute approximate surface area is 137 Å². The number of nitrogens with one attached hydrogen (secondary N) is 1. The second kappa shape index (κ2) is 7.11. The van der Waals surface area contributed by atoms with Crippen molar-refractivity contribution in [3.8, 4) is 0 Å². The molecule has 0 aliphatic heterocycles. The van der Waals surface area contributed by atoms with Crippen molar-refractivity contribution in [3.05, 3.63) is 72.4 Å². The Morgan fingerprint density at radius 1 is 1.10 bits per heavy atom. The average molecular weight is 418 g/mol. The molecule has 0 spiro atoms. The fourth-order valence-corrected chi connectivity index (χ4v) is 2.72. The number of halogens is 3. The van der Waals surface area contributed by atoms with Crippen molar-refractivity contribution in [2.24, 2.45) is 0 Å². The molecule has 1 N–H and O–H groups in total. The van der Waals surface area contributed by atoms with Crippen LogP contribution in [0.4, 0.5) is 10.1 Å². The summed E-state index contributed by atoms with van der Waals surface area (Å²) in [7, 11) is 0. The average Bonchev–Trinajstić information content (AvgIpc) is 2.44. The van der Waals surface area contributed by atoms with E-state index in [1.807, 2.05) is 0 Å². The molecule has 2 aromatic rings. The van der Waals surface area contributed by atoms with Gasteiger partial charge in [-0.2, -0.15) is 0 Å². The number of nitro groups is 1. The van der Waals surface area contributed by atoms with Crippen LogP contribution in [0.5, 0.6) is 0 Å². The standard InChI is InChI=1S/C14H11Br2FN2O2/c15-11-2-4-14(17)10(5-11)8-18-7-9-1-3-12(19(20)21)6-13(9)16/h1-6,18H,7-8H2. The van der Waals surface area contributed by atoms with Crippen molar-refractivity contribution in [2.45, 2.75) is 13.1 Å². The zero-order valence-electron chi connectivity index (χ0n) is 10.8. The van der Waals surface area contributed by atoms with Crippen LogP contribution >= 0.6 is 31.9 Å². The molecule has 21 heavy (non-hydrogen) atoms. The largest absolute Gasteiger partial charge is 0.308 e. The summed E-state index contributed by atoms with van der Waals surface area (Å²) in [5.74, 6) is -0.270. The molecule has 0 aromatic heterocycles. The maximum absolute atomic E-state index is 13.6. The third-order valence-corrected chi connectivity index (χ3v) is 4.12. The predicted octanol–water partition coefficient (Wildman–Crippen LogP) is 4.55. The van der Waals surface area contributed by atoms with E-state index >= 15 is 0 Å². The van der Waals surface area contributed by atoms with Gasteiger partial charge in [0.2, 0.25) is 0 Å². The van der Waals surface area contributed by atoms with Crippen LogP contribution < -0.4 is 5.32 Å². The van der Waals surface area contributed by atoms with Gasteiger partial charge in [0.15, 0.2) is 0 Å². The Hall–Kier alpha value is -1.31. The van der Waals surface area contributed by atoms with Gasteiger partial charge in [0.1, 0.15) is 5.82 Å². The van der Waals surface area contributed by atoms with Gasteiger partial charge in [-0.15, -0.1) is 0 Å². The molecule has 0 aliphatic rings. The van der Waals surface area contributed by atoms with Crippen LogP contribution in [0, 0.1) is 15.9 Å². The molecule has 0 bridgehead atoms. The third kappa shape index (κ3) is 4.33. The molecule has 0 amide bonds. The van der Waals surface area contributed by atoms with Crippen molar-refractivity contribution in [1.29, 1.82) is 0 Å². The third-order valence-electron chi connectivity index (χ3n) is 2.89. The van der Waals surface area contributed by atoms with Crippen LogP contribution in [-0.2, 0) is 13.1 Å². The highest BCUT2D eigenvalue weighted by Gasteiger charge is 2.09. The van der Waals surface area contributed by atoms with Gasteiger partial charge in [0.25, 0.3) is 5.69 Å². The van der Waals surface area contributed by atoms with Crippen LogP contribution in [0.15, 0.2) is 45.3 Å². The highest BCUT2D eigenvalue weighted by molar-refractivity contribution is 9.10. The van der Waals surface area contributed by atoms with E-state index in [4.69, 9.17) is 0 Å². The molecule has 0 atom stereocenters. The molecule has 4 nitrogen and oxygen atoms in total. The van der Waals surface area contributed by atoms with Crippen molar-refractivity contribution >= 4 is 37.5 Å². The monoisotopic (exact) mass is 416 g/mol. The maximum Gasteiger partial charge on any atom is 0.270 e. The minimum absolute atomic E-state index is 0.0312. The predicted molar refractivity (Wildman–Crippen MR) is 85.4 cm³/mol. The Morgan fingerprint density at radius 2 is 1.81 bits per heavy atom. The van der Waals surface area contributed by atoms with Crippen molar-refractivity contribution in [3.63, 3.8) is 0 Å². The molecule has 0 saturated heterocycles. The molecular formula is C14H11Br2FN2O2. The van der Waals surface area contributed by atoms with Gasteiger partial charge >= 0.3 is 0 Å². The molecular weight excluding hydrogens is 407 g/mol. The molecule has 0 unspecified atom stereocenters. The van der Waals surface area contributed by atoms with Crippen LogP contribution in [0.2, 0.25) is 0 Å². The van der Waals surface area contributed by atoms with E-state index in [-0.39, 0.29) is 11.5 Å². The normalized spacial score (nSPS) is 10.6. The van der Waals surface area contributed by atoms with Gasteiger partial charge in [-0.25, -0.2) is 4.39 Å². The molecule has 7 heteroatoms. The van der Waals surface area contributed by atoms with E-state index in [2.05, 4.69) is 37.2 Å². The first-order valence-corrected chi connectivity index (χ1v) is 7.63. The summed E-state index contributed by atoms with van der Waals surface area (Å²) in [5.41, 5.74) is 1.46. The first-order chi connectivity index (χ1) is 9.97.